The Labute approximate surface area is 186 Å². The fourth-order valence-corrected chi connectivity index (χ4v) is 4.40. The third-order valence-corrected chi connectivity index (χ3v) is 6.21. The quantitative estimate of drug-likeness (QED) is 0.508. The van der Waals surface area contributed by atoms with Gasteiger partial charge in [0.2, 0.25) is 5.91 Å². The predicted octanol–water partition coefficient (Wildman–Crippen LogP) is 5.55. The molecule has 3 aromatic rings. The number of carbonyl (C=O) groups excluding carboxylic acids is 2. The van der Waals surface area contributed by atoms with E-state index in [-0.39, 0.29) is 18.4 Å². The number of carbonyl (C=O) groups is 2. The van der Waals surface area contributed by atoms with Crippen LogP contribution in [0, 0.1) is 13.8 Å². The highest BCUT2D eigenvalue weighted by atomic mass is 79.9. The van der Waals surface area contributed by atoms with E-state index in [9.17, 15) is 9.59 Å². The molecule has 0 aliphatic rings. The molecule has 0 saturated carbocycles. The molecular weight excluding hydrogens is 474 g/mol. The van der Waals surface area contributed by atoms with Crippen LogP contribution in [0.1, 0.15) is 20.9 Å². The van der Waals surface area contributed by atoms with Crippen LogP contribution >= 0.6 is 38.9 Å². The van der Waals surface area contributed by atoms with Crippen LogP contribution in [-0.4, -0.2) is 35.3 Å². The van der Waals surface area contributed by atoms with Crippen LogP contribution in [0.15, 0.2) is 46.9 Å². The number of hydrogen-bond acceptors (Lipinski definition) is 4. The summed E-state index contributed by atoms with van der Waals surface area (Å²) in [6.07, 6.45) is 0. The monoisotopic (exact) mass is 491 g/mol. The van der Waals surface area contributed by atoms with Crippen LogP contribution in [0.3, 0.4) is 0 Å². The first kappa shape index (κ1) is 21.5. The van der Waals surface area contributed by atoms with Crippen LogP contribution in [0.4, 0.5) is 5.69 Å². The van der Waals surface area contributed by atoms with Crippen LogP contribution in [0.25, 0.3) is 10.6 Å². The van der Waals surface area contributed by atoms with Gasteiger partial charge in [0.25, 0.3) is 5.91 Å². The maximum Gasteiger partial charge on any atom is 0.266 e. The van der Waals surface area contributed by atoms with E-state index < -0.39 is 0 Å². The molecule has 1 N–H and O–H groups in total. The summed E-state index contributed by atoms with van der Waals surface area (Å²) < 4.78 is 0.942. The third kappa shape index (κ3) is 5.23. The molecule has 29 heavy (non-hydrogen) atoms. The molecule has 0 atom stereocenters. The van der Waals surface area contributed by atoms with Gasteiger partial charge in [0, 0.05) is 27.8 Å². The highest BCUT2D eigenvalue weighted by Gasteiger charge is 2.21. The molecule has 3 rings (SSSR count). The van der Waals surface area contributed by atoms with E-state index >= 15 is 0 Å². The Morgan fingerprint density at radius 3 is 2.52 bits per heavy atom. The maximum atomic E-state index is 12.9. The van der Waals surface area contributed by atoms with Crippen LogP contribution in [-0.2, 0) is 4.79 Å². The van der Waals surface area contributed by atoms with E-state index in [0.717, 1.165) is 26.3 Å². The SMILES string of the molecule is Cc1cc(Br)ccc1NC(=O)CN(C)C(=O)c1sc(-c2ccc(Cl)cc2)nc1C. The molecule has 150 valence electrons. The first-order valence-electron chi connectivity index (χ1n) is 8.79. The number of anilines is 1. The van der Waals surface area contributed by atoms with Crippen molar-refractivity contribution in [1.82, 2.24) is 9.88 Å². The minimum absolute atomic E-state index is 0.0536. The summed E-state index contributed by atoms with van der Waals surface area (Å²) >= 11 is 10.6. The molecule has 1 heterocycles. The van der Waals surface area contributed by atoms with Crippen molar-refractivity contribution in [3.8, 4) is 10.6 Å². The highest BCUT2D eigenvalue weighted by Crippen LogP contribution is 2.29. The molecule has 0 saturated heterocycles. The summed E-state index contributed by atoms with van der Waals surface area (Å²) in [5.74, 6) is -0.491. The molecule has 0 bridgehead atoms. The Bertz CT molecular complexity index is 1070. The van der Waals surface area contributed by atoms with Crippen molar-refractivity contribution in [2.24, 2.45) is 0 Å². The van der Waals surface area contributed by atoms with Gasteiger partial charge in [-0.05, 0) is 49.7 Å². The molecule has 0 unspecified atom stereocenters. The van der Waals surface area contributed by atoms with Crippen molar-refractivity contribution >= 4 is 56.4 Å². The number of likely N-dealkylation sites (N-methyl/N-ethyl adjacent to an activating group) is 1. The number of aryl methyl sites for hydroxylation is 2. The number of hydrogen-bond donors (Lipinski definition) is 1. The predicted molar refractivity (Wildman–Crippen MR) is 122 cm³/mol. The lowest BCUT2D eigenvalue weighted by molar-refractivity contribution is -0.116. The minimum atomic E-state index is -0.258. The van der Waals surface area contributed by atoms with Crippen molar-refractivity contribution in [2.75, 3.05) is 18.9 Å². The number of nitrogens with zero attached hydrogens (tertiary/aromatic N) is 2. The second kappa shape index (κ2) is 9.07. The Morgan fingerprint density at radius 1 is 1.17 bits per heavy atom. The van der Waals surface area contributed by atoms with Crippen molar-refractivity contribution in [2.45, 2.75) is 13.8 Å². The lowest BCUT2D eigenvalue weighted by Crippen LogP contribution is -2.35. The number of aromatic nitrogens is 1. The van der Waals surface area contributed by atoms with Crippen molar-refractivity contribution in [3.63, 3.8) is 0 Å². The van der Waals surface area contributed by atoms with Crippen LogP contribution < -0.4 is 5.32 Å². The fourth-order valence-electron chi connectivity index (χ4n) is 2.73. The summed E-state index contributed by atoms with van der Waals surface area (Å²) in [4.78, 5) is 31.7. The summed E-state index contributed by atoms with van der Waals surface area (Å²) in [7, 11) is 1.61. The third-order valence-electron chi connectivity index (χ3n) is 4.27. The zero-order chi connectivity index (χ0) is 21.1. The number of amides is 2. The largest absolute Gasteiger partial charge is 0.332 e. The van der Waals surface area contributed by atoms with E-state index in [1.54, 1.807) is 26.1 Å². The van der Waals surface area contributed by atoms with Crippen molar-refractivity contribution in [3.05, 3.63) is 68.1 Å². The van der Waals surface area contributed by atoms with E-state index in [1.165, 1.54) is 16.2 Å². The molecular formula is C21H19BrClN3O2S. The van der Waals surface area contributed by atoms with Gasteiger partial charge in [-0.1, -0.05) is 39.7 Å². The van der Waals surface area contributed by atoms with Gasteiger partial charge >= 0.3 is 0 Å². The molecule has 0 radical (unpaired) electrons. The number of halogens is 2. The van der Waals surface area contributed by atoms with Gasteiger partial charge in [-0.3, -0.25) is 9.59 Å². The van der Waals surface area contributed by atoms with Crippen LogP contribution in [0.2, 0.25) is 5.02 Å². The lowest BCUT2D eigenvalue weighted by atomic mass is 10.2. The van der Waals surface area contributed by atoms with Gasteiger partial charge in [0.1, 0.15) is 9.88 Å². The average Bonchev–Trinajstić information content (AvgIpc) is 3.05. The second-order valence-corrected chi connectivity index (χ2v) is 8.96. The normalized spacial score (nSPS) is 10.7. The molecule has 0 aliphatic heterocycles. The Balaban J connectivity index is 1.69. The molecule has 0 fully saturated rings. The summed E-state index contributed by atoms with van der Waals surface area (Å²) in [6, 6.07) is 12.9. The van der Waals surface area contributed by atoms with E-state index in [1.807, 2.05) is 37.3 Å². The first-order chi connectivity index (χ1) is 13.7. The molecule has 8 heteroatoms. The minimum Gasteiger partial charge on any atom is -0.332 e. The Hall–Kier alpha value is -2.22. The van der Waals surface area contributed by atoms with Crippen molar-refractivity contribution < 1.29 is 9.59 Å². The lowest BCUT2D eigenvalue weighted by Gasteiger charge is -2.17. The van der Waals surface area contributed by atoms with Gasteiger partial charge in [-0.15, -0.1) is 11.3 Å². The summed E-state index contributed by atoms with van der Waals surface area (Å²) in [5.41, 5.74) is 3.19. The molecule has 0 aliphatic carbocycles. The molecule has 2 amide bonds. The fraction of sp³-hybridized carbons (Fsp3) is 0.190. The topological polar surface area (TPSA) is 62.3 Å². The molecule has 2 aromatic carbocycles. The van der Waals surface area contributed by atoms with E-state index in [0.29, 0.717) is 15.6 Å². The van der Waals surface area contributed by atoms with Gasteiger partial charge in [-0.25, -0.2) is 4.98 Å². The molecule has 1 aromatic heterocycles. The summed E-state index contributed by atoms with van der Waals surface area (Å²) in [5, 5.41) is 4.23. The first-order valence-corrected chi connectivity index (χ1v) is 10.8. The Kier molecular flexibility index (Phi) is 6.72. The number of benzene rings is 2. The molecule has 0 spiro atoms. The summed E-state index contributed by atoms with van der Waals surface area (Å²) in [6.45, 7) is 3.65. The van der Waals surface area contributed by atoms with E-state index in [2.05, 4.69) is 26.2 Å². The van der Waals surface area contributed by atoms with Gasteiger partial charge in [0.15, 0.2) is 0 Å². The van der Waals surface area contributed by atoms with Crippen molar-refractivity contribution in [1.29, 1.82) is 0 Å². The number of nitrogens with one attached hydrogen (secondary N) is 1. The smallest absolute Gasteiger partial charge is 0.266 e. The number of thiazole rings is 1. The van der Waals surface area contributed by atoms with Gasteiger partial charge in [0.05, 0.1) is 12.2 Å². The van der Waals surface area contributed by atoms with Gasteiger partial charge < -0.3 is 10.2 Å². The van der Waals surface area contributed by atoms with Gasteiger partial charge in [-0.2, -0.15) is 0 Å². The van der Waals surface area contributed by atoms with Crippen LogP contribution in [0.5, 0.6) is 0 Å². The second-order valence-electron chi connectivity index (χ2n) is 6.61. The average molecular weight is 493 g/mol. The standard InChI is InChI=1S/C21H19BrClN3O2S/c1-12-10-15(22)6-9-17(12)25-18(27)11-26(3)21(28)19-13(2)24-20(29-19)14-4-7-16(23)8-5-14/h4-10H,11H2,1-3H3,(H,25,27). The number of rotatable bonds is 5. The zero-order valence-corrected chi connectivity index (χ0v) is 19.3. The van der Waals surface area contributed by atoms with E-state index in [4.69, 9.17) is 11.6 Å². The maximum absolute atomic E-state index is 12.9. The Morgan fingerprint density at radius 2 is 1.86 bits per heavy atom. The highest BCUT2D eigenvalue weighted by molar-refractivity contribution is 9.10. The zero-order valence-electron chi connectivity index (χ0n) is 16.1. The molecule has 5 nitrogen and oxygen atoms in total.